The molecule has 0 aromatic heterocycles. The van der Waals surface area contributed by atoms with E-state index < -0.39 is 0 Å². The maximum Gasteiger partial charge on any atom is 0.139 e. The van der Waals surface area contributed by atoms with Crippen molar-refractivity contribution < 1.29 is 4.74 Å². The number of aliphatic imine (C=N–C) groups is 1. The van der Waals surface area contributed by atoms with E-state index in [9.17, 15) is 0 Å². The van der Waals surface area contributed by atoms with Crippen molar-refractivity contribution >= 4 is 5.84 Å². The summed E-state index contributed by atoms with van der Waals surface area (Å²) in [5, 5.41) is 0. The Labute approximate surface area is 126 Å². The van der Waals surface area contributed by atoms with Gasteiger partial charge in [0.25, 0.3) is 0 Å². The van der Waals surface area contributed by atoms with E-state index in [-0.39, 0.29) is 6.10 Å². The molecule has 2 aromatic carbocycles. The van der Waals surface area contributed by atoms with E-state index in [1.807, 2.05) is 55.5 Å². The molecule has 1 unspecified atom stereocenters. The van der Waals surface area contributed by atoms with Crippen LogP contribution in [0.1, 0.15) is 24.2 Å². The van der Waals surface area contributed by atoms with Crippen LogP contribution in [0.4, 0.5) is 0 Å². The minimum atomic E-state index is -0.257. The normalized spacial score (nSPS) is 13.1. The second kappa shape index (κ2) is 8.22. The van der Waals surface area contributed by atoms with Gasteiger partial charge in [0.1, 0.15) is 11.9 Å². The van der Waals surface area contributed by atoms with Crippen LogP contribution >= 0.6 is 0 Å². The molecule has 2 rings (SSSR count). The average Bonchev–Trinajstić information content (AvgIpc) is 2.54. The van der Waals surface area contributed by atoms with Crippen molar-refractivity contribution in [3.8, 4) is 0 Å². The zero-order valence-electron chi connectivity index (χ0n) is 12.4. The summed E-state index contributed by atoms with van der Waals surface area (Å²) < 4.78 is 5.74. The predicted octanol–water partition coefficient (Wildman–Crippen LogP) is 3.36. The molecule has 0 aliphatic heterocycles. The molecule has 2 aromatic rings. The molecule has 0 bridgehead atoms. The lowest BCUT2D eigenvalue weighted by Gasteiger charge is -2.17. The highest BCUT2D eigenvalue weighted by molar-refractivity contribution is 5.86. The lowest BCUT2D eigenvalue weighted by Crippen LogP contribution is -2.25. The highest BCUT2D eigenvalue weighted by atomic mass is 16.5. The molecule has 110 valence electrons. The minimum Gasteiger partial charge on any atom is -0.385 e. The zero-order valence-corrected chi connectivity index (χ0v) is 12.4. The first-order chi connectivity index (χ1) is 10.3. The van der Waals surface area contributed by atoms with Crippen LogP contribution in [0.2, 0.25) is 0 Å². The average molecular weight is 282 g/mol. The topological polar surface area (TPSA) is 47.6 Å². The monoisotopic (exact) mass is 282 g/mol. The predicted molar refractivity (Wildman–Crippen MR) is 87.4 cm³/mol. The molecule has 0 saturated carbocycles. The molecule has 0 aliphatic carbocycles. The number of hydrogen-bond acceptors (Lipinski definition) is 2. The molecule has 0 amide bonds. The molecule has 2 N–H and O–H groups in total. The number of rotatable bonds is 7. The van der Waals surface area contributed by atoms with Crippen molar-refractivity contribution in [2.75, 3.05) is 13.2 Å². The van der Waals surface area contributed by atoms with Crippen molar-refractivity contribution in [1.29, 1.82) is 0 Å². The second-order valence-corrected chi connectivity index (χ2v) is 4.79. The van der Waals surface area contributed by atoms with Gasteiger partial charge in [0, 0.05) is 13.2 Å². The molecule has 0 saturated heterocycles. The van der Waals surface area contributed by atoms with Gasteiger partial charge in [0.2, 0.25) is 0 Å². The van der Waals surface area contributed by atoms with Crippen LogP contribution in [0.15, 0.2) is 65.7 Å². The van der Waals surface area contributed by atoms with Crippen molar-refractivity contribution in [2.24, 2.45) is 10.7 Å². The summed E-state index contributed by atoms with van der Waals surface area (Å²) in [6.07, 6.45) is 0.627. The third kappa shape index (κ3) is 4.72. The summed E-state index contributed by atoms with van der Waals surface area (Å²) >= 11 is 0. The first-order valence-electron chi connectivity index (χ1n) is 7.31. The molecule has 3 heteroatoms. The quantitative estimate of drug-likeness (QED) is 0.625. The summed E-state index contributed by atoms with van der Waals surface area (Å²) in [5.74, 6) is 0.541. The van der Waals surface area contributed by atoms with Crippen LogP contribution in [-0.4, -0.2) is 19.0 Å². The Bertz CT molecular complexity index is 552. The summed E-state index contributed by atoms with van der Waals surface area (Å²) in [6.45, 7) is 3.24. The fourth-order valence-corrected chi connectivity index (χ4v) is 2.19. The number of ether oxygens (including phenoxy) is 1. The first kappa shape index (κ1) is 15.3. The number of amidine groups is 1. The van der Waals surface area contributed by atoms with E-state index in [4.69, 9.17) is 10.5 Å². The van der Waals surface area contributed by atoms with Crippen LogP contribution in [0, 0.1) is 0 Å². The molecule has 3 nitrogen and oxygen atoms in total. The van der Waals surface area contributed by atoms with E-state index in [1.54, 1.807) is 0 Å². The van der Waals surface area contributed by atoms with Gasteiger partial charge in [-0.2, -0.15) is 0 Å². The van der Waals surface area contributed by atoms with Crippen molar-refractivity contribution in [3.63, 3.8) is 0 Å². The van der Waals surface area contributed by atoms with E-state index >= 15 is 0 Å². The van der Waals surface area contributed by atoms with Gasteiger partial charge in [-0.1, -0.05) is 60.7 Å². The molecule has 0 fully saturated rings. The van der Waals surface area contributed by atoms with E-state index in [0.717, 1.165) is 12.0 Å². The van der Waals surface area contributed by atoms with Crippen LogP contribution in [0.25, 0.3) is 0 Å². The largest absolute Gasteiger partial charge is 0.385 e. The Morgan fingerprint density at radius 3 is 2.29 bits per heavy atom. The highest BCUT2D eigenvalue weighted by Crippen LogP contribution is 2.17. The smallest absolute Gasteiger partial charge is 0.139 e. The van der Waals surface area contributed by atoms with Gasteiger partial charge in [-0.15, -0.1) is 0 Å². The van der Waals surface area contributed by atoms with Crippen LogP contribution < -0.4 is 5.73 Å². The second-order valence-electron chi connectivity index (χ2n) is 4.79. The van der Waals surface area contributed by atoms with Crippen LogP contribution in [-0.2, 0) is 11.2 Å². The summed E-state index contributed by atoms with van der Waals surface area (Å²) in [5.41, 5.74) is 8.43. The Kier molecular flexibility index (Phi) is 5.98. The molecular weight excluding hydrogens is 260 g/mol. The van der Waals surface area contributed by atoms with E-state index in [1.165, 1.54) is 5.56 Å². The lowest BCUT2D eigenvalue weighted by molar-refractivity contribution is 0.109. The molecule has 0 aliphatic rings. The summed E-state index contributed by atoms with van der Waals surface area (Å²) in [4.78, 5) is 4.48. The number of hydrogen-bond donors (Lipinski definition) is 1. The molecule has 0 heterocycles. The zero-order chi connectivity index (χ0) is 14.9. The maximum atomic E-state index is 6.13. The molecular formula is C18H22N2O. The van der Waals surface area contributed by atoms with Crippen LogP contribution in [0.3, 0.4) is 0 Å². The van der Waals surface area contributed by atoms with Gasteiger partial charge in [-0.25, -0.2) is 0 Å². The number of benzene rings is 2. The Hall–Kier alpha value is -2.13. The Morgan fingerprint density at radius 1 is 1.05 bits per heavy atom. The van der Waals surface area contributed by atoms with Gasteiger partial charge >= 0.3 is 0 Å². The molecule has 0 spiro atoms. The van der Waals surface area contributed by atoms with Crippen molar-refractivity contribution in [1.82, 2.24) is 0 Å². The molecule has 21 heavy (non-hydrogen) atoms. The van der Waals surface area contributed by atoms with Crippen molar-refractivity contribution in [3.05, 3.63) is 71.8 Å². The summed E-state index contributed by atoms with van der Waals surface area (Å²) in [6, 6.07) is 20.3. The third-order valence-corrected chi connectivity index (χ3v) is 3.24. The molecule has 0 radical (unpaired) electrons. The fraction of sp³-hybridized carbons (Fsp3) is 0.278. The summed E-state index contributed by atoms with van der Waals surface area (Å²) in [7, 11) is 0. The standard InChI is InChI=1S/C18H22N2O/c1-2-21-17(16-11-7-4-8-12-16)18(19)20-14-13-15-9-5-3-6-10-15/h3-12,17H,2,13-14H2,1H3,(H2,19,20). The minimum absolute atomic E-state index is 0.257. The highest BCUT2D eigenvalue weighted by Gasteiger charge is 2.15. The Morgan fingerprint density at radius 2 is 1.67 bits per heavy atom. The van der Waals surface area contributed by atoms with Gasteiger partial charge in [-0.05, 0) is 24.5 Å². The fourth-order valence-electron chi connectivity index (χ4n) is 2.19. The first-order valence-corrected chi connectivity index (χ1v) is 7.31. The van der Waals surface area contributed by atoms with Gasteiger partial charge in [0.05, 0.1) is 0 Å². The Balaban J connectivity index is 2.01. The van der Waals surface area contributed by atoms with Gasteiger partial charge < -0.3 is 10.5 Å². The molecule has 1 atom stereocenters. The number of nitrogens with zero attached hydrogens (tertiary/aromatic N) is 1. The number of nitrogens with two attached hydrogens (primary N) is 1. The van der Waals surface area contributed by atoms with E-state index in [2.05, 4.69) is 17.1 Å². The van der Waals surface area contributed by atoms with Crippen molar-refractivity contribution in [2.45, 2.75) is 19.4 Å². The van der Waals surface area contributed by atoms with Gasteiger partial charge in [-0.3, -0.25) is 4.99 Å². The lowest BCUT2D eigenvalue weighted by atomic mass is 10.1. The van der Waals surface area contributed by atoms with E-state index in [0.29, 0.717) is 19.0 Å². The SMILES string of the molecule is CCOC(C(N)=NCCc1ccccc1)c1ccccc1. The third-order valence-electron chi connectivity index (χ3n) is 3.24. The van der Waals surface area contributed by atoms with Crippen LogP contribution in [0.5, 0.6) is 0 Å². The maximum absolute atomic E-state index is 6.13. The van der Waals surface area contributed by atoms with Gasteiger partial charge in [0.15, 0.2) is 0 Å².